The number of benzene rings is 1. The van der Waals surface area contributed by atoms with Gasteiger partial charge in [-0.05, 0) is 25.3 Å². The van der Waals surface area contributed by atoms with E-state index in [0.717, 1.165) is 24.8 Å². The summed E-state index contributed by atoms with van der Waals surface area (Å²) in [7, 11) is 1.34. The lowest BCUT2D eigenvalue weighted by Crippen LogP contribution is -2.12. The third-order valence-electron chi connectivity index (χ3n) is 2.85. The van der Waals surface area contributed by atoms with Crippen LogP contribution in [0.25, 0.3) is 0 Å². The molecule has 0 amide bonds. The van der Waals surface area contributed by atoms with Crippen LogP contribution in [0.2, 0.25) is 0 Å². The Kier molecular flexibility index (Phi) is 7.18. The van der Waals surface area contributed by atoms with Crippen molar-refractivity contribution in [1.82, 2.24) is 0 Å². The van der Waals surface area contributed by atoms with Crippen LogP contribution in [0.1, 0.15) is 25.3 Å². The molecule has 1 unspecified atom stereocenters. The fourth-order valence-electron chi connectivity index (χ4n) is 1.85. The number of carbonyl (C=O) groups excluding carboxylic acids is 1. The molecular weight excluding hydrogens is 252 g/mol. The van der Waals surface area contributed by atoms with Gasteiger partial charge in [0.1, 0.15) is 6.10 Å². The fraction of sp³-hybridized carbons (Fsp3) is 0.353. The van der Waals surface area contributed by atoms with E-state index < -0.39 is 5.97 Å². The van der Waals surface area contributed by atoms with Crippen molar-refractivity contribution in [3.05, 3.63) is 60.4 Å². The Morgan fingerprint density at radius 1 is 1.35 bits per heavy atom. The first kappa shape index (κ1) is 16.0. The largest absolute Gasteiger partial charge is 0.497 e. The summed E-state index contributed by atoms with van der Waals surface area (Å²) < 4.78 is 10.1. The van der Waals surface area contributed by atoms with Crippen LogP contribution in [0.5, 0.6) is 0 Å². The Hall–Kier alpha value is -2.03. The highest BCUT2D eigenvalue weighted by molar-refractivity contribution is 5.81. The smallest absolute Gasteiger partial charge is 0.333 e. The summed E-state index contributed by atoms with van der Waals surface area (Å²) in [6, 6.07) is 10.3. The van der Waals surface area contributed by atoms with E-state index >= 15 is 0 Å². The van der Waals surface area contributed by atoms with Crippen LogP contribution in [0.15, 0.2) is 54.8 Å². The summed E-state index contributed by atoms with van der Waals surface area (Å²) in [5.74, 6) is -0.415. The summed E-state index contributed by atoms with van der Waals surface area (Å²) in [5, 5.41) is 0. The van der Waals surface area contributed by atoms with Gasteiger partial charge in [-0.15, -0.1) is 6.58 Å². The van der Waals surface area contributed by atoms with E-state index in [0.29, 0.717) is 0 Å². The van der Waals surface area contributed by atoms with Gasteiger partial charge < -0.3 is 9.47 Å². The van der Waals surface area contributed by atoms with Crippen molar-refractivity contribution in [3.63, 3.8) is 0 Å². The highest BCUT2D eigenvalue weighted by Crippen LogP contribution is 2.14. The zero-order valence-electron chi connectivity index (χ0n) is 12.2. The van der Waals surface area contributed by atoms with Crippen molar-refractivity contribution >= 4 is 5.97 Å². The highest BCUT2D eigenvalue weighted by Gasteiger charge is 2.09. The maximum Gasteiger partial charge on any atom is 0.333 e. The third-order valence-corrected chi connectivity index (χ3v) is 2.85. The Morgan fingerprint density at radius 2 is 2.05 bits per heavy atom. The maximum absolute atomic E-state index is 11.0. The van der Waals surface area contributed by atoms with E-state index in [1.807, 2.05) is 25.1 Å². The van der Waals surface area contributed by atoms with Crippen molar-refractivity contribution in [3.8, 4) is 0 Å². The SMILES string of the molecule is C=C(C)CC(CCc1ccccc1)O/C=C\C(=O)OC. The molecule has 0 N–H and O–H groups in total. The lowest BCUT2D eigenvalue weighted by molar-refractivity contribution is -0.135. The van der Waals surface area contributed by atoms with Gasteiger partial charge in [0.2, 0.25) is 0 Å². The van der Waals surface area contributed by atoms with Crippen molar-refractivity contribution in [2.24, 2.45) is 0 Å². The predicted molar refractivity (Wildman–Crippen MR) is 80.2 cm³/mol. The van der Waals surface area contributed by atoms with Crippen LogP contribution in [0.4, 0.5) is 0 Å². The topological polar surface area (TPSA) is 35.5 Å². The number of aryl methyl sites for hydroxylation is 1. The van der Waals surface area contributed by atoms with E-state index in [9.17, 15) is 4.79 Å². The van der Waals surface area contributed by atoms with Gasteiger partial charge in [-0.1, -0.05) is 35.9 Å². The van der Waals surface area contributed by atoms with Gasteiger partial charge in [-0.25, -0.2) is 4.79 Å². The molecule has 1 aromatic rings. The molecule has 0 fully saturated rings. The maximum atomic E-state index is 11.0. The normalized spacial score (nSPS) is 12.1. The lowest BCUT2D eigenvalue weighted by Gasteiger charge is -2.16. The number of carbonyl (C=O) groups is 1. The fourth-order valence-corrected chi connectivity index (χ4v) is 1.85. The Bertz CT molecular complexity index is 449. The van der Waals surface area contributed by atoms with Gasteiger partial charge in [0.15, 0.2) is 0 Å². The molecule has 0 bridgehead atoms. The van der Waals surface area contributed by atoms with Gasteiger partial charge in [0.05, 0.1) is 19.4 Å². The van der Waals surface area contributed by atoms with Crippen LogP contribution in [-0.4, -0.2) is 19.2 Å². The number of hydrogen-bond donors (Lipinski definition) is 0. The number of esters is 1. The molecule has 0 aliphatic carbocycles. The number of rotatable bonds is 8. The molecule has 0 heterocycles. The second-order valence-corrected chi connectivity index (χ2v) is 4.77. The molecule has 1 atom stereocenters. The number of methoxy groups -OCH3 is 1. The van der Waals surface area contributed by atoms with Crippen molar-refractivity contribution < 1.29 is 14.3 Å². The Morgan fingerprint density at radius 3 is 2.65 bits per heavy atom. The zero-order chi connectivity index (χ0) is 14.8. The van der Waals surface area contributed by atoms with Gasteiger partial charge in [0.25, 0.3) is 0 Å². The van der Waals surface area contributed by atoms with Crippen LogP contribution in [0.3, 0.4) is 0 Å². The van der Waals surface area contributed by atoms with Gasteiger partial charge >= 0.3 is 5.97 Å². The molecule has 0 aliphatic heterocycles. The van der Waals surface area contributed by atoms with Gasteiger partial charge in [-0.2, -0.15) is 0 Å². The molecule has 3 nitrogen and oxygen atoms in total. The van der Waals surface area contributed by atoms with Crippen LogP contribution < -0.4 is 0 Å². The molecular formula is C17H22O3. The average molecular weight is 274 g/mol. The Balaban J connectivity index is 2.49. The highest BCUT2D eigenvalue weighted by atomic mass is 16.5. The van der Waals surface area contributed by atoms with Gasteiger partial charge in [-0.3, -0.25) is 0 Å². The minimum absolute atomic E-state index is 0.0219. The minimum Gasteiger partial charge on any atom is -0.497 e. The van der Waals surface area contributed by atoms with Crippen molar-refractivity contribution in [1.29, 1.82) is 0 Å². The third kappa shape index (κ3) is 6.78. The lowest BCUT2D eigenvalue weighted by atomic mass is 10.0. The van der Waals surface area contributed by atoms with Crippen LogP contribution in [-0.2, 0) is 20.7 Å². The molecule has 1 aromatic carbocycles. The van der Waals surface area contributed by atoms with Crippen LogP contribution in [0, 0.1) is 0 Å². The summed E-state index contributed by atoms with van der Waals surface area (Å²) in [5.41, 5.74) is 2.34. The van der Waals surface area contributed by atoms with E-state index in [1.165, 1.54) is 25.0 Å². The molecule has 0 spiro atoms. The second-order valence-electron chi connectivity index (χ2n) is 4.77. The molecule has 108 valence electrons. The summed E-state index contributed by atoms with van der Waals surface area (Å²) in [6.45, 7) is 5.89. The van der Waals surface area contributed by atoms with Crippen molar-refractivity contribution in [2.75, 3.05) is 7.11 Å². The average Bonchev–Trinajstić information content (AvgIpc) is 2.45. The van der Waals surface area contributed by atoms with Gasteiger partial charge in [0, 0.05) is 6.42 Å². The zero-order valence-corrected chi connectivity index (χ0v) is 12.2. The van der Waals surface area contributed by atoms with E-state index in [1.54, 1.807) is 0 Å². The van der Waals surface area contributed by atoms with Crippen LogP contribution >= 0.6 is 0 Å². The molecule has 0 aromatic heterocycles. The molecule has 0 radical (unpaired) electrons. The summed E-state index contributed by atoms with van der Waals surface area (Å²) in [6.07, 6.45) is 5.30. The molecule has 0 saturated carbocycles. The number of ether oxygens (including phenoxy) is 2. The first-order valence-electron chi connectivity index (χ1n) is 6.70. The Labute approximate surface area is 120 Å². The molecule has 0 saturated heterocycles. The van der Waals surface area contributed by atoms with E-state index in [2.05, 4.69) is 23.4 Å². The predicted octanol–water partition coefficient (Wildman–Crippen LogP) is 3.66. The van der Waals surface area contributed by atoms with Crippen molar-refractivity contribution in [2.45, 2.75) is 32.3 Å². The first-order chi connectivity index (χ1) is 9.61. The monoisotopic (exact) mass is 274 g/mol. The summed E-state index contributed by atoms with van der Waals surface area (Å²) >= 11 is 0. The molecule has 3 heteroatoms. The quantitative estimate of drug-likeness (QED) is 0.314. The van der Waals surface area contributed by atoms with E-state index in [-0.39, 0.29) is 6.10 Å². The van der Waals surface area contributed by atoms with E-state index in [4.69, 9.17) is 4.74 Å². The standard InChI is InChI=1S/C17H22O3/c1-14(2)13-16(20-12-11-17(18)19-3)10-9-15-7-5-4-6-8-15/h4-8,11-12,16H,1,9-10,13H2,2-3H3/b12-11-. The molecule has 1 rings (SSSR count). The molecule has 20 heavy (non-hydrogen) atoms. The summed E-state index contributed by atoms with van der Waals surface area (Å²) in [4.78, 5) is 11.0. The minimum atomic E-state index is -0.415. The second kappa shape index (κ2) is 8.97. The number of hydrogen-bond acceptors (Lipinski definition) is 3. The first-order valence-corrected chi connectivity index (χ1v) is 6.70. The molecule has 0 aliphatic rings.